The lowest BCUT2D eigenvalue weighted by atomic mass is 9.91. The van der Waals surface area contributed by atoms with Crippen LogP contribution in [0.15, 0.2) is 6.07 Å². The Hall–Kier alpha value is -1.89. The van der Waals surface area contributed by atoms with Crippen molar-refractivity contribution in [3.63, 3.8) is 0 Å². The van der Waals surface area contributed by atoms with Crippen molar-refractivity contribution >= 4 is 11.9 Å². The average molecular weight is 331 g/mol. The maximum Gasteiger partial charge on any atom is 0.407 e. The number of anilines is 1. The van der Waals surface area contributed by atoms with Gasteiger partial charge in [0.25, 0.3) is 0 Å². The molecule has 24 heavy (non-hydrogen) atoms. The van der Waals surface area contributed by atoms with E-state index in [1.807, 2.05) is 6.92 Å². The van der Waals surface area contributed by atoms with Gasteiger partial charge in [0.2, 0.25) is 0 Å². The summed E-state index contributed by atoms with van der Waals surface area (Å²) in [5, 5.41) is 6.24. The number of aryl methyl sites for hydroxylation is 1. The standard InChI is InChI=1S/C17H25N5O2/c1-12-20-14(13-3-2-6-18-10-13)9-15(21-12)22-7-4-17(5-8-22)11-19-16(23)24-17/h9,13,18H,2-8,10-11H2,1H3,(H,19,23)/t13-/m1/s1. The van der Waals surface area contributed by atoms with Gasteiger partial charge in [0.15, 0.2) is 0 Å². The summed E-state index contributed by atoms with van der Waals surface area (Å²) in [7, 11) is 0. The molecule has 1 aromatic rings. The third kappa shape index (κ3) is 3.05. The lowest BCUT2D eigenvalue weighted by molar-refractivity contribution is 0.0366. The minimum absolute atomic E-state index is 0.284. The van der Waals surface area contributed by atoms with Gasteiger partial charge in [-0.05, 0) is 26.3 Å². The molecule has 4 rings (SSSR count). The minimum Gasteiger partial charge on any atom is -0.441 e. The summed E-state index contributed by atoms with van der Waals surface area (Å²) in [5.74, 6) is 2.33. The van der Waals surface area contributed by atoms with E-state index in [0.29, 0.717) is 12.5 Å². The van der Waals surface area contributed by atoms with Crippen LogP contribution in [0.5, 0.6) is 0 Å². The predicted molar refractivity (Wildman–Crippen MR) is 90.3 cm³/mol. The van der Waals surface area contributed by atoms with Crippen molar-refractivity contribution in [1.29, 1.82) is 0 Å². The molecule has 4 heterocycles. The van der Waals surface area contributed by atoms with Crippen LogP contribution >= 0.6 is 0 Å². The number of ether oxygens (including phenoxy) is 1. The number of rotatable bonds is 2. The van der Waals surface area contributed by atoms with E-state index < -0.39 is 0 Å². The third-order valence-corrected chi connectivity index (χ3v) is 5.42. The molecule has 7 nitrogen and oxygen atoms in total. The Balaban J connectivity index is 1.48. The van der Waals surface area contributed by atoms with Crippen molar-refractivity contribution in [2.24, 2.45) is 0 Å². The van der Waals surface area contributed by atoms with Crippen LogP contribution in [0.3, 0.4) is 0 Å². The van der Waals surface area contributed by atoms with Crippen LogP contribution in [0, 0.1) is 6.92 Å². The molecule has 3 aliphatic heterocycles. The highest BCUT2D eigenvalue weighted by Crippen LogP contribution is 2.32. The number of hydrogen-bond acceptors (Lipinski definition) is 6. The lowest BCUT2D eigenvalue weighted by Gasteiger charge is -2.38. The second-order valence-corrected chi connectivity index (χ2v) is 7.15. The van der Waals surface area contributed by atoms with Crippen LogP contribution in [0.2, 0.25) is 0 Å². The molecular formula is C17H25N5O2. The third-order valence-electron chi connectivity index (χ3n) is 5.42. The molecule has 3 aliphatic rings. The zero-order valence-electron chi connectivity index (χ0n) is 14.2. The van der Waals surface area contributed by atoms with E-state index in [1.165, 1.54) is 12.8 Å². The van der Waals surface area contributed by atoms with Crippen LogP contribution < -0.4 is 15.5 Å². The highest BCUT2D eigenvalue weighted by molar-refractivity contribution is 5.70. The van der Waals surface area contributed by atoms with Crippen molar-refractivity contribution in [2.45, 2.75) is 44.1 Å². The molecule has 0 aromatic carbocycles. The van der Waals surface area contributed by atoms with E-state index in [-0.39, 0.29) is 11.7 Å². The summed E-state index contributed by atoms with van der Waals surface area (Å²) in [6, 6.07) is 2.15. The molecule has 0 saturated carbocycles. The molecule has 0 bridgehead atoms. The van der Waals surface area contributed by atoms with Gasteiger partial charge in [-0.3, -0.25) is 0 Å². The maximum atomic E-state index is 11.4. The van der Waals surface area contributed by atoms with Gasteiger partial charge in [0.05, 0.1) is 12.2 Å². The van der Waals surface area contributed by atoms with Crippen LogP contribution in [-0.2, 0) is 4.74 Å². The summed E-state index contributed by atoms with van der Waals surface area (Å²) in [6.45, 7) is 6.41. The smallest absolute Gasteiger partial charge is 0.407 e. The van der Waals surface area contributed by atoms with Crippen LogP contribution in [0.4, 0.5) is 10.6 Å². The minimum atomic E-state index is -0.314. The first-order chi connectivity index (χ1) is 11.6. The Morgan fingerprint density at radius 2 is 2.17 bits per heavy atom. The zero-order chi connectivity index (χ0) is 16.6. The molecule has 1 atom stereocenters. The van der Waals surface area contributed by atoms with Crippen LogP contribution in [0.1, 0.15) is 43.1 Å². The average Bonchev–Trinajstić information content (AvgIpc) is 2.96. The van der Waals surface area contributed by atoms with Crippen LogP contribution in [-0.4, -0.2) is 54.4 Å². The van der Waals surface area contributed by atoms with Gasteiger partial charge < -0.3 is 20.3 Å². The number of amides is 1. The van der Waals surface area contributed by atoms with Gasteiger partial charge >= 0.3 is 6.09 Å². The summed E-state index contributed by atoms with van der Waals surface area (Å²) in [4.78, 5) is 23.0. The normalized spacial score (nSPS) is 26.3. The predicted octanol–water partition coefficient (Wildman–Crippen LogP) is 1.33. The molecule has 1 spiro atoms. The van der Waals surface area contributed by atoms with Crippen molar-refractivity contribution < 1.29 is 9.53 Å². The number of nitrogens with zero attached hydrogens (tertiary/aromatic N) is 3. The Kier molecular flexibility index (Phi) is 4.04. The Morgan fingerprint density at radius 1 is 1.33 bits per heavy atom. The Bertz CT molecular complexity index is 621. The van der Waals surface area contributed by atoms with Crippen molar-refractivity contribution in [3.8, 4) is 0 Å². The molecule has 0 unspecified atom stereocenters. The molecule has 0 aliphatic carbocycles. The van der Waals surface area contributed by atoms with Crippen molar-refractivity contribution in [2.75, 3.05) is 37.6 Å². The fraction of sp³-hybridized carbons (Fsp3) is 0.706. The number of piperidine rings is 2. The molecule has 1 amide bonds. The van der Waals surface area contributed by atoms with Gasteiger partial charge in [-0.15, -0.1) is 0 Å². The fourth-order valence-corrected chi connectivity index (χ4v) is 3.97. The molecule has 2 N–H and O–H groups in total. The molecule has 1 aromatic heterocycles. The van der Waals surface area contributed by atoms with Crippen molar-refractivity contribution in [1.82, 2.24) is 20.6 Å². The second kappa shape index (κ2) is 6.20. The zero-order valence-corrected chi connectivity index (χ0v) is 14.2. The first-order valence-corrected chi connectivity index (χ1v) is 8.92. The summed E-state index contributed by atoms with van der Waals surface area (Å²) in [5.41, 5.74) is 0.838. The number of alkyl carbamates (subject to hydrolysis) is 1. The maximum absolute atomic E-state index is 11.4. The first-order valence-electron chi connectivity index (χ1n) is 8.92. The summed E-state index contributed by atoms with van der Waals surface area (Å²) < 4.78 is 5.50. The van der Waals surface area contributed by atoms with Gasteiger partial charge in [-0.25, -0.2) is 14.8 Å². The Morgan fingerprint density at radius 3 is 2.83 bits per heavy atom. The molecule has 0 radical (unpaired) electrons. The van der Waals surface area contributed by atoms with Gasteiger partial charge in [-0.1, -0.05) is 0 Å². The summed E-state index contributed by atoms with van der Waals surface area (Å²) >= 11 is 0. The van der Waals surface area contributed by atoms with Gasteiger partial charge in [0, 0.05) is 44.5 Å². The van der Waals surface area contributed by atoms with Crippen molar-refractivity contribution in [3.05, 3.63) is 17.6 Å². The van der Waals surface area contributed by atoms with E-state index in [1.54, 1.807) is 0 Å². The van der Waals surface area contributed by atoms with E-state index >= 15 is 0 Å². The van der Waals surface area contributed by atoms with Gasteiger partial charge in [0.1, 0.15) is 17.2 Å². The van der Waals surface area contributed by atoms with Gasteiger partial charge in [-0.2, -0.15) is 0 Å². The topological polar surface area (TPSA) is 79.4 Å². The number of hydrogen-bond donors (Lipinski definition) is 2. The van der Waals surface area contributed by atoms with E-state index in [2.05, 4.69) is 31.6 Å². The second-order valence-electron chi connectivity index (χ2n) is 7.15. The highest BCUT2D eigenvalue weighted by atomic mass is 16.6. The quantitative estimate of drug-likeness (QED) is 0.851. The molecule has 3 saturated heterocycles. The molecule has 3 fully saturated rings. The fourth-order valence-electron chi connectivity index (χ4n) is 3.97. The monoisotopic (exact) mass is 331 g/mol. The number of carbonyl (C=O) groups is 1. The van der Waals surface area contributed by atoms with E-state index in [9.17, 15) is 4.79 Å². The number of aromatic nitrogens is 2. The molecular weight excluding hydrogens is 306 g/mol. The highest BCUT2D eigenvalue weighted by Gasteiger charge is 2.43. The SMILES string of the molecule is Cc1nc([C@@H]2CCCNC2)cc(N2CCC3(CC2)CNC(=O)O3)n1. The van der Waals surface area contributed by atoms with Crippen LogP contribution in [0.25, 0.3) is 0 Å². The number of nitrogens with one attached hydrogen (secondary N) is 2. The first kappa shape index (κ1) is 15.6. The molecule has 130 valence electrons. The number of carbonyl (C=O) groups excluding carboxylic acids is 1. The van der Waals surface area contributed by atoms with E-state index in [0.717, 1.165) is 56.4 Å². The van der Waals surface area contributed by atoms with E-state index in [4.69, 9.17) is 4.74 Å². The molecule has 7 heteroatoms. The summed E-state index contributed by atoms with van der Waals surface area (Å²) in [6.07, 6.45) is 3.79. The largest absolute Gasteiger partial charge is 0.441 e. The lowest BCUT2D eigenvalue weighted by Crippen LogP contribution is -2.47. The Labute approximate surface area is 142 Å².